The van der Waals surface area contributed by atoms with Crippen LogP contribution in [0, 0.1) is 5.92 Å². The van der Waals surface area contributed by atoms with Crippen LogP contribution in [0.5, 0.6) is 0 Å². The number of fused-ring (bicyclic) bond motifs is 1. The Morgan fingerprint density at radius 2 is 1.88 bits per heavy atom. The van der Waals surface area contributed by atoms with Crippen LogP contribution in [-0.4, -0.2) is 32.6 Å². The van der Waals surface area contributed by atoms with Gasteiger partial charge >= 0.3 is 11.7 Å². The van der Waals surface area contributed by atoms with E-state index in [1.165, 1.54) is 6.92 Å². The van der Waals surface area contributed by atoms with E-state index in [4.69, 9.17) is 0 Å². The maximum Gasteiger partial charge on any atom is 0.329 e. The number of aliphatic carboxylic acids is 1. The minimum atomic E-state index is -1.16. The van der Waals surface area contributed by atoms with Gasteiger partial charge in [0.05, 0.1) is 10.9 Å². The molecule has 1 heterocycles. The van der Waals surface area contributed by atoms with E-state index in [0.717, 1.165) is 4.57 Å². The standard InChI is InChI=1S/C17H21N3O5/c1-4-9(2)13(16(23)24)19-14(21)10(3)20-15(22)11-7-5-6-8-12(11)18-17(20)25/h5-10,13H,4H2,1-3H3,(H,18,25)(H,19,21)(H,23,24)/t9-,10+,13+/m1/s1. The molecule has 1 aromatic heterocycles. The van der Waals surface area contributed by atoms with Crippen LogP contribution in [0.25, 0.3) is 10.9 Å². The molecule has 0 bridgehead atoms. The Bertz CT molecular complexity index is 914. The molecular formula is C17H21N3O5. The van der Waals surface area contributed by atoms with Crippen LogP contribution in [0.4, 0.5) is 0 Å². The fourth-order valence-corrected chi connectivity index (χ4v) is 2.60. The van der Waals surface area contributed by atoms with Crippen molar-refractivity contribution in [2.75, 3.05) is 0 Å². The van der Waals surface area contributed by atoms with Gasteiger partial charge in [-0.25, -0.2) is 14.2 Å². The molecule has 3 atom stereocenters. The van der Waals surface area contributed by atoms with E-state index in [-0.39, 0.29) is 11.3 Å². The van der Waals surface area contributed by atoms with Crippen LogP contribution in [0.3, 0.4) is 0 Å². The first-order chi connectivity index (χ1) is 11.8. The summed E-state index contributed by atoms with van der Waals surface area (Å²) in [4.78, 5) is 51.1. The molecule has 0 aliphatic carbocycles. The van der Waals surface area contributed by atoms with Gasteiger partial charge in [-0.3, -0.25) is 9.59 Å². The second-order valence-corrected chi connectivity index (χ2v) is 6.04. The van der Waals surface area contributed by atoms with E-state index in [2.05, 4.69) is 10.3 Å². The molecule has 0 aliphatic heterocycles. The molecule has 0 aliphatic rings. The summed E-state index contributed by atoms with van der Waals surface area (Å²) in [6.07, 6.45) is 0.558. The highest BCUT2D eigenvalue weighted by Gasteiger charge is 2.29. The molecule has 0 saturated carbocycles. The Labute approximate surface area is 143 Å². The minimum absolute atomic E-state index is 0.276. The lowest BCUT2D eigenvalue weighted by molar-refractivity contribution is -0.143. The summed E-state index contributed by atoms with van der Waals surface area (Å²) in [5.74, 6) is -2.15. The fourth-order valence-electron chi connectivity index (χ4n) is 2.60. The molecule has 0 fully saturated rings. The molecule has 3 N–H and O–H groups in total. The van der Waals surface area contributed by atoms with Crippen molar-refractivity contribution in [2.45, 2.75) is 39.3 Å². The van der Waals surface area contributed by atoms with Gasteiger partial charge in [-0.2, -0.15) is 0 Å². The zero-order chi connectivity index (χ0) is 18.7. The first-order valence-electron chi connectivity index (χ1n) is 8.04. The third-order valence-corrected chi connectivity index (χ3v) is 4.38. The van der Waals surface area contributed by atoms with Gasteiger partial charge < -0.3 is 15.4 Å². The number of carboxylic acid groups (broad SMARTS) is 1. The van der Waals surface area contributed by atoms with Crippen LogP contribution in [0.1, 0.15) is 33.2 Å². The zero-order valence-corrected chi connectivity index (χ0v) is 14.3. The van der Waals surface area contributed by atoms with E-state index in [1.54, 1.807) is 31.2 Å². The predicted molar refractivity (Wildman–Crippen MR) is 92.6 cm³/mol. The molecule has 0 radical (unpaired) electrons. The van der Waals surface area contributed by atoms with Crippen molar-refractivity contribution >= 4 is 22.8 Å². The summed E-state index contributed by atoms with van der Waals surface area (Å²) in [5.41, 5.74) is -0.941. The van der Waals surface area contributed by atoms with Gasteiger partial charge in [0.25, 0.3) is 5.56 Å². The van der Waals surface area contributed by atoms with Gasteiger partial charge in [-0.05, 0) is 25.0 Å². The second-order valence-electron chi connectivity index (χ2n) is 6.04. The molecule has 25 heavy (non-hydrogen) atoms. The third kappa shape index (κ3) is 3.62. The Morgan fingerprint density at radius 3 is 2.48 bits per heavy atom. The number of hydrogen-bond acceptors (Lipinski definition) is 4. The van der Waals surface area contributed by atoms with Crippen molar-refractivity contribution in [1.29, 1.82) is 0 Å². The fraction of sp³-hybridized carbons (Fsp3) is 0.412. The van der Waals surface area contributed by atoms with Crippen LogP contribution in [0.2, 0.25) is 0 Å². The molecule has 2 aromatic rings. The monoisotopic (exact) mass is 347 g/mol. The van der Waals surface area contributed by atoms with Crippen molar-refractivity contribution in [2.24, 2.45) is 5.92 Å². The van der Waals surface area contributed by atoms with E-state index in [1.807, 2.05) is 6.92 Å². The number of nitrogens with one attached hydrogen (secondary N) is 2. The number of carboxylic acids is 1. The first kappa shape index (κ1) is 18.4. The molecule has 1 amide bonds. The number of benzene rings is 1. The van der Waals surface area contributed by atoms with E-state index in [9.17, 15) is 24.3 Å². The lowest BCUT2D eigenvalue weighted by Gasteiger charge is -2.22. The minimum Gasteiger partial charge on any atom is -0.480 e. The molecular weight excluding hydrogens is 326 g/mol. The van der Waals surface area contributed by atoms with Crippen molar-refractivity contribution in [3.63, 3.8) is 0 Å². The molecule has 0 spiro atoms. The number of H-pyrrole nitrogens is 1. The van der Waals surface area contributed by atoms with Crippen molar-refractivity contribution < 1.29 is 14.7 Å². The Balaban J connectivity index is 2.40. The largest absolute Gasteiger partial charge is 0.480 e. The Hall–Kier alpha value is -2.90. The number of hydrogen-bond donors (Lipinski definition) is 3. The molecule has 0 saturated heterocycles. The molecule has 8 heteroatoms. The summed E-state index contributed by atoms with van der Waals surface area (Å²) >= 11 is 0. The number of nitrogens with zero attached hydrogens (tertiary/aromatic N) is 1. The van der Waals surface area contributed by atoms with Gasteiger partial charge in [-0.15, -0.1) is 0 Å². The van der Waals surface area contributed by atoms with E-state index in [0.29, 0.717) is 11.9 Å². The van der Waals surface area contributed by atoms with Crippen molar-refractivity contribution in [1.82, 2.24) is 14.9 Å². The Morgan fingerprint density at radius 1 is 1.24 bits per heavy atom. The normalized spacial score (nSPS) is 14.7. The summed E-state index contributed by atoms with van der Waals surface area (Å²) < 4.78 is 0.799. The average Bonchev–Trinajstić information content (AvgIpc) is 2.58. The van der Waals surface area contributed by atoms with E-state index < -0.39 is 35.2 Å². The van der Waals surface area contributed by atoms with Gasteiger partial charge in [0.2, 0.25) is 5.91 Å². The smallest absolute Gasteiger partial charge is 0.329 e. The van der Waals surface area contributed by atoms with E-state index >= 15 is 0 Å². The van der Waals surface area contributed by atoms with Crippen molar-refractivity contribution in [3.8, 4) is 0 Å². The highest BCUT2D eigenvalue weighted by molar-refractivity contribution is 5.86. The quantitative estimate of drug-likeness (QED) is 0.716. The van der Waals surface area contributed by atoms with Crippen molar-refractivity contribution in [3.05, 3.63) is 45.1 Å². The topological polar surface area (TPSA) is 121 Å². The summed E-state index contributed by atoms with van der Waals surface area (Å²) in [7, 11) is 0. The predicted octanol–water partition coefficient (Wildman–Crippen LogP) is 0.866. The highest BCUT2D eigenvalue weighted by atomic mass is 16.4. The summed E-state index contributed by atoms with van der Waals surface area (Å²) in [6.45, 7) is 4.91. The molecule has 8 nitrogen and oxygen atoms in total. The molecule has 2 rings (SSSR count). The zero-order valence-electron chi connectivity index (χ0n) is 14.3. The van der Waals surface area contributed by atoms with Crippen LogP contribution in [0.15, 0.2) is 33.9 Å². The SMILES string of the molecule is CC[C@@H](C)[C@H](NC(=O)[C@H](C)n1c(=O)[nH]c2ccccc2c1=O)C(=O)O. The maximum atomic E-state index is 12.6. The number of carbonyl (C=O) groups is 2. The summed E-state index contributed by atoms with van der Waals surface area (Å²) in [5, 5.41) is 12.0. The lowest BCUT2D eigenvalue weighted by atomic mass is 9.99. The van der Waals surface area contributed by atoms with Gasteiger partial charge in [0.15, 0.2) is 0 Å². The van der Waals surface area contributed by atoms with Crippen LogP contribution in [-0.2, 0) is 9.59 Å². The van der Waals surface area contributed by atoms with Gasteiger partial charge in [0, 0.05) is 0 Å². The number of aromatic amines is 1. The van der Waals surface area contributed by atoms with Gasteiger partial charge in [0.1, 0.15) is 12.1 Å². The summed E-state index contributed by atoms with van der Waals surface area (Å²) in [6, 6.07) is 4.24. The first-order valence-corrected chi connectivity index (χ1v) is 8.04. The van der Waals surface area contributed by atoms with Gasteiger partial charge in [-0.1, -0.05) is 32.4 Å². The van der Waals surface area contributed by atoms with Crippen LogP contribution < -0.4 is 16.6 Å². The highest BCUT2D eigenvalue weighted by Crippen LogP contribution is 2.11. The molecule has 1 aromatic carbocycles. The molecule has 0 unspecified atom stereocenters. The Kier molecular flexibility index (Phi) is 5.41. The number of carbonyl (C=O) groups excluding carboxylic acids is 1. The lowest BCUT2D eigenvalue weighted by Crippen LogP contribution is -2.50. The number of rotatable bonds is 6. The third-order valence-electron chi connectivity index (χ3n) is 4.38. The number of para-hydroxylation sites is 1. The average molecular weight is 347 g/mol. The maximum absolute atomic E-state index is 12.6. The molecule has 134 valence electrons. The second kappa shape index (κ2) is 7.33. The number of aromatic nitrogens is 2. The number of amides is 1. The van der Waals surface area contributed by atoms with Crippen LogP contribution >= 0.6 is 0 Å².